The summed E-state index contributed by atoms with van der Waals surface area (Å²) in [6, 6.07) is 8.25. The Morgan fingerprint density at radius 2 is 1.52 bits per heavy atom. The average Bonchev–Trinajstić information content (AvgIpc) is 2.59. The van der Waals surface area contributed by atoms with E-state index >= 15 is 0 Å². The van der Waals surface area contributed by atoms with E-state index in [1.165, 1.54) is 0 Å². The smallest absolute Gasteiger partial charge is 0.378 e. The predicted molar refractivity (Wildman–Crippen MR) is 103 cm³/mol. The van der Waals surface area contributed by atoms with Crippen LogP contribution >= 0.6 is 0 Å². The number of rotatable bonds is 12. The summed E-state index contributed by atoms with van der Waals surface area (Å²) in [5.74, 6) is -0.0678. The third-order valence-electron chi connectivity index (χ3n) is 3.68. The molecular weight excluding hydrogens is 336 g/mol. The van der Waals surface area contributed by atoms with Crippen LogP contribution in [0, 0.1) is 0 Å². The van der Waals surface area contributed by atoms with Crippen molar-refractivity contribution in [1.82, 2.24) is 5.32 Å². The van der Waals surface area contributed by atoms with Gasteiger partial charge < -0.3 is 23.5 Å². The van der Waals surface area contributed by atoms with Gasteiger partial charge in [-0.2, -0.15) is 0 Å². The van der Waals surface area contributed by atoms with Crippen LogP contribution in [-0.4, -0.2) is 55.2 Å². The highest BCUT2D eigenvalue weighted by Gasteiger charge is 2.39. The number of amides is 1. The second-order valence-corrected chi connectivity index (χ2v) is 8.51. The summed E-state index contributed by atoms with van der Waals surface area (Å²) in [4.78, 5) is 14.2. The van der Waals surface area contributed by atoms with Crippen molar-refractivity contribution in [2.75, 3.05) is 45.4 Å². The number of benzene rings is 1. The molecule has 0 saturated carbocycles. The molecule has 0 aliphatic carbocycles. The lowest BCUT2D eigenvalue weighted by atomic mass is 10.2. The number of hydrogen-bond donors (Lipinski definition) is 1. The van der Waals surface area contributed by atoms with Gasteiger partial charge in [0.25, 0.3) is 5.91 Å². The molecule has 0 heterocycles. The van der Waals surface area contributed by atoms with Gasteiger partial charge in [0, 0.05) is 57.8 Å². The van der Waals surface area contributed by atoms with Crippen LogP contribution in [0.2, 0.25) is 6.04 Å². The molecule has 0 saturated heterocycles. The minimum absolute atomic E-state index is 0.0678. The van der Waals surface area contributed by atoms with E-state index in [1.807, 2.05) is 64.0 Å². The van der Waals surface area contributed by atoms with E-state index in [9.17, 15) is 4.79 Å². The SMILES string of the molecule is CCO[Si](CCCNC(=O)c1ccc(N(C)C)cc1)(OCC)OCC. The summed E-state index contributed by atoms with van der Waals surface area (Å²) in [6.45, 7) is 8.09. The molecule has 142 valence electrons. The maximum atomic E-state index is 12.2. The Labute approximate surface area is 152 Å². The molecule has 1 aromatic rings. The van der Waals surface area contributed by atoms with Crippen molar-refractivity contribution in [1.29, 1.82) is 0 Å². The second-order valence-electron chi connectivity index (χ2n) is 5.78. The summed E-state index contributed by atoms with van der Waals surface area (Å²) in [7, 11) is 1.32. The molecule has 1 N–H and O–H groups in total. The fraction of sp³-hybridized carbons (Fsp3) is 0.611. The Morgan fingerprint density at radius 1 is 1.00 bits per heavy atom. The van der Waals surface area contributed by atoms with Crippen molar-refractivity contribution in [2.24, 2.45) is 0 Å². The van der Waals surface area contributed by atoms with E-state index in [0.29, 0.717) is 38.0 Å². The van der Waals surface area contributed by atoms with Crippen molar-refractivity contribution in [3.63, 3.8) is 0 Å². The maximum Gasteiger partial charge on any atom is 0.500 e. The van der Waals surface area contributed by atoms with Crippen LogP contribution in [0.25, 0.3) is 0 Å². The number of carbonyl (C=O) groups is 1. The standard InChI is InChI=1S/C18H32N2O4Si/c1-6-22-25(23-7-2,24-8-3)15-9-14-19-18(21)16-10-12-17(13-11-16)20(4)5/h10-13H,6-9,14-15H2,1-5H3,(H,19,21). The fourth-order valence-corrected chi connectivity index (χ4v) is 5.13. The molecule has 0 atom stereocenters. The highest BCUT2D eigenvalue weighted by molar-refractivity contribution is 6.60. The van der Waals surface area contributed by atoms with E-state index in [0.717, 1.165) is 12.1 Å². The van der Waals surface area contributed by atoms with Gasteiger partial charge >= 0.3 is 8.80 Å². The lowest BCUT2D eigenvalue weighted by Gasteiger charge is -2.28. The minimum atomic E-state index is -2.62. The molecule has 25 heavy (non-hydrogen) atoms. The largest absolute Gasteiger partial charge is 0.500 e. The predicted octanol–water partition coefficient (Wildman–Crippen LogP) is 2.92. The van der Waals surface area contributed by atoms with Crippen LogP contribution in [0.1, 0.15) is 37.6 Å². The first-order valence-electron chi connectivity index (χ1n) is 8.95. The molecule has 0 fully saturated rings. The Hall–Kier alpha value is -1.41. The molecule has 1 rings (SSSR count). The Kier molecular flexibility index (Phi) is 9.73. The Balaban J connectivity index is 2.50. The molecular formula is C18H32N2O4Si. The maximum absolute atomic E-state index is 12.2. The molecule has 0 unspecified atom stereocenters. The third-order valence-corrected chi connectivity index (χ3v) is 6.84. The molecule has 0 bridgehead atoms. The van der Waals surface area contributed by atoms with Crippen LogP contribution in [0.3, 0.4) is 0 Å². The molecule has 6 nitrogen and oxygen atoms in total. The minimum Gasteiger partial charge on any atom is -0.378 e. The zero-order valence-electron chi connectivity index (χ0n) is 16.1. The summed E-state index contributed by atoms with van der Waals surface area (Å²) in [5.41, 5.74) is 1.73. The van der Waals surface area contributed by atoms with Crippen LogP contribution in [0.15, 0.2) is 24.3 Å². The third kappa shape index (κ3) is 7.15. The zero-order chi connectivity index (χ0) is 18.7. The van der Waals surface area contributed by atoms with Crippen LogP contribution in [0.5, 0.6) is 0 Å². The lowest BCUT2D eigenvalue weighted by molar-refractivity contribution is 0.0705. The molecule has 0 radical (unpaired) electrons. The number of nitrogens with one attached hydrogen (secondary N) is 1. The molecule has 1 aromatic carbocycles. The van der Waals surface area contributed by atoms with Gasteiger partial charge in [-0.3, -0.25) is 4.79 Å². The van der Waals surface area contributed by atoms with E-state index in [4.69, 9.17) is 13.3 Å². The quantitative estimate of drug-likeness (QED) is 0.454. The van der Waals surface area contributed by atoms with Gasteiger partial charge in [0.15, 0.2) is 0 Å². The van der Waals surface area contributed by atoms with Gasteiger partial charge in [0.05, 0.1) is 0 Å². The first-order valence-corrected chi connectivity index (χ1v) is 10.9. The Bertz CT molecular complexity index is 491. The van der Waals surface area contributed by atoms with Crippen LogP contribution < -0.4 is 10.2 Å². The fourth-order valence-electron chi connectivity index (χ4n) is 2.52. The van der Waals surface area contributed by atoms with E-state index < -0.39 is 8.80 Å². The topological polar surface area (TPSA) is 60.0 Å². The lowest BCUT2D eigenvalue weighted by Crippen LogP contribution is -2.46. The van der Waals surface area contributed by atoms with E-state index in [-0.39, 0.29) is 5.91 Å². The molecule has 0 aromatic heterocycles. The highest BCUT2D eigenvalue weighted by atomic mass is 28.4. The van der Waals surface area contributed by atoms with Crippen molar-refractivity contribution >= 4 is 20.4 Å². The highest BCUT2D eigenvalue weighted by Crippen LogP contribution is 2.18. The van der Waals surface area contributed by atoms with E-state index in [2.05, 4.69) is 5.32 Å². The second kappa shape index (κ2) is 11.3. The van der Waals surface area contributed by atoms with Gasteiger partial charge in [-0.05, 0) is 51.5 Å². The molecule has 0 aliphatic rings. The first kappa shape index (κ1) is 21.6. The van der Waals surface area contributed by atoms with Gasteiger partial charge in [-0.25, -0.2) is 0 Å². The number of anilines is 1. The average molecular weight is 369 g/mol. The van der Waals surface area contributed by atoms with Gasteiger partial charge in [0.1, 0.15) is 0 Å². The number of carbonyl (C=O) groups excluding carboxylic acids is 1. The normalized spacial score (nSPS) is 11.4. The number of hydrogen-bond acceptors (Lipinski definition) is 5. The first-order chi connectivity index (χ1) is 12.0. The van der Waals surface area contributed by atoms with Gasteiger partial charge in [-0.15, -0.1) is 0 Å². The number of nitrogens with zero attached hydrogens (tertiary/aromatic N) is 1. The van der Waals surface area contributed by atoms with E-state index in [1.54, 1.807) is 0 Å². The van der Waals surface area contributed by atoms with Gasteiger partial charge in [0.2, 0.25) is 0 Å². The Morgan fingerprint density at radius 3 is 1.96 bits per heavy atom. The summed E-state index contributed by atoms with van der Waals surface area (Å²) < 4.78 is 17.4. The summed E-state index contributed by atoms with van der Waals surface area (Å²) in [5, 5.41) is 2.95. The van der Waals surface area contributed by atoms with Crippen molar-refractivity contribution in [2.45, 2.75) is 33.2 Å². The van der Waals surface area contributed by atoms with Crippen molar-refractivity contribution < 1.29 is 18.1 Å². The summed E-state index contributed by atoms with van der Waals surface area (Å²) >= 11 is 0. The van der Waals surface area contributed by atoms with Gasteiger partial charge in [-0.1, -0.05) is 0 Å². The molecule has 0 aliphatic heterocycles. The van der Waals surface area contributed by atoms with Crippen LogP contribution in [-0.2, 0) is 13.3 Å². The molecule has 0 spiro atoms. The summed E-state index contributed by atoms with van der Waals surface area (Å²) in [6.07, 6.45) is 0.758. The molecule has 1 amide bonds. The van der Waals surface area contributed by atoms with Crippen LogP contribution in [0.4, 0.5) is 5.69 Å². The molecule has 7 heteroatoms. The zero-order valence-corrected chi connectivity index (χ0v) is 17.1. The van der Waals surface area contributed by atoms with Crippen molar-refractivity contribution in [3.8, 4) is 0 Å². The van der Waals surface area contributed by atoms with Crippen molar-refractivity contribution in [3.05, 3.63) is 29.8 Å². The monoisotopic (exact) mass is 368 g/mol.